The molecule has 0 saturated heterocycles. The van der Waals surface area contributed by atoms with Gasteiger partial charge in [0.1, 0.15) is 4.21 Å². The summed E-state index contributed by atoms with van der Waals surface area (Å²) >= 11 is 6.28. The minimum absolute atomic E-state index is 0.0141. The van der Waals surface area contributed by atoms with E-state index >= 15 is 0 Å². The van der Waals surface area contributed by atoms with Crippen LogP contribution in [0.15, 0.2) is 10.3 Å². The third-order valence-electron chi connectivity index (χ3n) is 2.78. The highest BCUT2D eigenvalue weighted by atomic mass is 35.5. The fourth-order valence-corrected chi connectivity index (χ4v) is 4.35. The molecule has 20 heavy (non-hydrogen) atoms. The van der Waals surface area contributed by atoms with Gasteiger partial charge in [-0.2, -0.15) is 0 Å². The van der Waals surface area contributed by atoms with Crippen LogP contribution in [-0.2, 0) is 10.0 Å². The predicted octanol–water partition coefficient (Wildman–Crippen LogP) is 2.00. The summed E-state index contributed by atoms with van der Waals surface area (Å²) in [6.07, 6.45) is 1.21. The third-order valence-corrected chi connectivity index (χ3v) is 6.02. The van der Waals surface area contributed by atoms with E-state index in [0.29, 0.717) is 24.2 Å². The second-order valence-corrected chi connectivity index (χ2v) is 7.77. The molecule has 0 fully saturated rings. The number of hydrogen-bond acceptors (Lipinski definition) is 6. The Morgan fingerprint density at radius 2 is 2.25 bits per heavy atom. The summed E-state index contributed by atoms with van der Waals surface area (Å²) in [6.45, 7) is 2.04. The van der Waals surface area contributed by atoms with Crippen LogP contribution in [-0.4, -0.2) is 31.6 Å². The first-order chi connectivity index (χ1) is 9.31. The van der Waals surface area contributed by atoms with Gasteiger partial charge in [0.05, 0.1) is 4.92 Å². The molecule has 114 valence electrons. The molecule has 0 aromatic carbocycles. The lowest BCUT2D eigenvalue weighted by Gasteiger charge is -2.13. The van der Waals surface area contributed by atoms with Crippen LogP contribution in [0.2, 0.25) is 4.34 Å². The van der Waals surface area contributed by atoms with Gasteiger partial charge in [-0.1, -0.05) is 24.9 Å². The molecular formula is C10H15ClN2O5S2. The van der Waals surface area contributed by atoms with E-state index in [1.807, 2.05) is 6.92 Å². The Morgan fingerprint density at radius 3 is 2.70 bits per heavy atom. The first-order valence-electron chi connectivity index (χ1n) is 5.86. The molecule has 0 aliphatic carbocycles. The van der Waals surface area contributed by atoms with E-state index < -0.39 is 20.6 Å². The minimum Gasteiger partial charge on any atom is -0.396 e. The summed E-state index contributed by atoms with van der Waals surface area (Å²) in [5.41, 5.74) is -0.417. The van der Waals surface area contributed by atoms with Crippen molar-refractivity contribution in [3.63, 3.8) is 0 Å². The Bertz CT molecular complexity index is 572. The topological polar surface area (TPSA) is 110 Å². The van der Waals surface area contributed by atoms with Crippen LogP contribution in [0.1, 0.15) is 19.8 Å². The van der Waals surface area contributed by atoms with Crippen molar-refractivity contribution in [2.24, 2.45) is 5.92 Å². The van der Waals surface area contributed by atoms with Crippen molar-refractivity contribution in [2.45, 2.75) is 24.0 Å². The normalized spacial score (nSPS) is 13.3. The molecule has 0 radical (unpaired) electrons. The lowest BCUT2D eigenvalue weighted by molar-refractivity contribution is -0.384. The van der Waals surface area contributed by atoms with Gasteiger partial charge in [0.25, 0.3) is 5.69 Å². The van der Waals surface area contributed by atoms with Gasteiger partial charge >= 0.3 is 0 Å². The Morgan fingerprint density at radius 1 is 1.60 bits per heavy atom. The lowest BCUT2D eigenvalue weighted by Crippen LogP contribution is -2.29. The molecule has 1 heterocycles. The van der Waals surface area contributed by atoms with Crippen LogP contribution in [0, 0.1) is 16.0 Å². The molecule has 0 aliphatic rings. The fourth-order valence-electron chi connectivity index (χ4n) is 1.53. The van der Waals surface area contributed by atoms with Crippen molar-refractivity contribution in [2.75, 3.05) is 13.2 Å². The standard InChI is InChI=1S/C10H15ClN2O5S2/c1-2-7(3-4-14)6-12-20(17,18)9-5-8(13(15)16)10(11)19-9/h5,7,12,14H,2-4,6H2,1H3. The van der Waals surface area contributed by atoms with E-state index in [9.17, 15) is 18.5 Å². The van der Waals surface area contributed by atoms with Crippen molar-refractivity contribution in [1.82, 2.24) is 4.72 Å². The zero-order chi connectivity index (χ0) is 15.3. The number of halogens is 1. The lowest BCUT2D eigenvalue weighted by atomic mass is 10.0. The number of nitrogens with zero attached hydrogens (tertiary/aromatic N) is 1. The molecule has 1 unspecified atom stereocenters. The molecular weight excluding hydrogens is 328 g/mol. The van der Waals surface area contributed by atoms with Gasteiger partial charge < -0.3 is 5.11 Å². The fraction of sp³-hybridized carbons (Fsp3) is 0.600. The van der Waals surface area contributed by atoms with Crippen molar-refractivity contribution < 1.29 is 18.4 Å². The zero-order valence-electron chi connectivity index (χ0n) is 10.7. The van der Waals surface area contributed by atoms with Crippen LogP contribution < -0.4 is 4.72 Å². The molecule has 7 nitrogen and oxygen atoms in total. The zero-order valence-corrected chi connectivity index (χ0v) is 13.1. The third kappa shape index (κ3) is 4.38. The van der Waals surface area contributed by atoms with Crippen LogP contribution >= 0.6 is 22.9 Å². The number of aliphatic hydroxyl groups is 1. The number of sulfonamides is 1. The largest absolute Gasteiger partial charge is 0.396 e. The first kappa shape index (κ1) is 17.3. The first-order valence-corrected chi connectivity index (χ1v) is 8.53. The molecule has 0 saturated carbocycles. The van der Waals surface area contributed by atoms with Crippen LogP contribution in [0.5, 0.6) is 0 Å². The van der Waals surface area contributed by atoms with Gasteiger partial charge in [0.15, 0.2) is 4.34 Å². The smallest absolute Gasteiger partial charge is 0.300 e. The number of nitrogens with one attached hydrogen (secondary N) is 1. The van der Waals surface area contributed by atoms with Gasteiger partial charge in [0.2, 0.25) is 10.0 Å². The summed E-state index contributed by atoms with van der Waals surface area (Å²) in [7, 11) is -3.82. The number of thiophene rings is 1. The Balaban J connectivity index is 2.83. The average Bonchev–Trinajstić information content (AvgIpc) is 2.77. The highest BCUT2D eigenvalue weighted by Crippen LogP contribution is 2.36. The number of rotatable bonds is 8. The van der Waals surface area contributed by atoms with Crippen LogP contribution in [0.25, 0.3) is 0 Å². The number of hydrogen-bond donors (Lipinski definition) is 2. The van der Waals surface area contributed by atoms with Crippen molar-refractivity contribution >= 4 is 38.6 Å². The van der Waals surface area contributed by atoms with Crippen molar-refractivity contribution in [3.05, 3.63) is 20.5 Å². The minimum atomic E-state index is -3.82. The maximum Gasteiger partial charge on any atom is 0.300 e. The molecule has 1 rings (SSSR count). The molecule has 0 amide bonds. The molecule has 1 aromatic heterocycles. The highest BCUT2D eigenvalue weighted by molar-refractivity contribution is 7.91. The maximum atomic E-state index is 12.0. The van der Waals surface area contributed by atoms with Crippen LogP contribution in [0.4, 0.5) is 5.69 Å². The molecule has 1 aromatic rings. The molecule has 1 atom stereocenters. The average molecular weight is 343 g/mol. The SMILES string of the molecule is CCC(CCO)CNS(=O)(=O)c1cc([N+](=O)[O-])c(Cl)s1. The van der Waals surface area contributed by atoms with E-state index in [4.69, 9.17) is 16.7 Å². The summed E-state index contributed by atoms with van der Waals surface area (Å²) in [5.74, 6) is 0.0141. The summed E-state index contributed by atoms with van der Waals surface area (Å²) in [6, 6.07) is 0.947. The van der Waals surface area contributed by atoms with E-state index in [1.165, 1.54) is 0 Å². The second kappa shape index (κ2) is 7.32. The van der Waals surface area contributed by atoms with Gasteiger partial charge in [-0.25, -0.2) is 13.1 Å². The van der Waals surface area contributed by atoms with Crippen molar-refractivity contribution in [1.29, 1.82) is 0 Å². The van der Waals surface area contributed by atoms with Crippen molar-refractivity contribution in [3.8, 4) is 0 Å². The highest BCUT2D eigenvalue weighted by Gasteiger charge is 2.25. The monoisotopic (exact) mass is 342 g/mol. The number of aliphatic hydroxyl groups excluding tert-OH is 1. The van der Waals surface area contributed by atoms with Gasteiger partial charge in [-0.3, -0.25) is 10.1 Å². The summed E-state index contributed by atoms with van der Waals surface area (Å²) < 4.78 is 26.0. The van der Waals surface area contributed by atoms with Crippen LogP contribution in [0.3, 0.4) is 0 Å². The molecule has 10 heteroatoms. The summed E-state index contributed by atoms with van der Waals surface area (Å²) in [5, 5.41) is 19.5. The molecule has 0 bridgehead atoms. The summed E-state index contributed by atoms with van der Waals surface area (Å²) in [4.78, 5) is 9.92. The maximum absolute atomic E-state index is 12.0. The quantitative estimate of drug-likeness (QED) is 0.554. The van der Waals surface area contributed by atoms with Gasteiger partial charge in [-0.05, 0) is 12.3 Å². The Hall–Kier alpha value is -0.740. The second-order valence-electron chi connectivity index (χ2n) is 4.12. The Kier molecular flexibility index (Phi) is 6.34. The molecule has 0 spiro atoms. The van der Waals surface area contributed by atoms with E-state index in [1.54, 1.807) is 0 Å². The van der Waals surface area contributed by atoms with E-state index in [-0.39, 0.29) is 27.6 Å². The van der Waals surface area contributed by atoms with E-state index in [2.05, 4.69) is 4.72 Å². The van der Waals surface area contributed by atoms with Gasteiger partial charge in [-0.15, -0.1) is 11.3 Å². The Labute approximate surface area is 125 Å². The predicted molar refractivity (Wildman–Crippen MR) is 76.7 cm³/mol. The molecule has 2 N–H and O–H groups in total. The van der Waals surface area contributed by atoms with E-state index in [0.717, 1.165) is 6.07 Å². The van der Waals surface area contributed by atoms with Gasteiger partial charge in [0, 0.05) is 19.2 Å². The number of nitro groups is 1. The molecule has 0 aliphatic heterocycles.